The van der Waals surface area contributed by atoms with Gasteiger partial charge in [-0.1, -0.05) is 30.3 Å². The van der Waals surface area contributed by atoms with E-state index in [-0.39, 0.29) is 11.6 Å². The van der Waals surface area contributed by atoms with Crippen LogP contribution in [-0.4, -0.2) is 10.8 Å². The Morgan fingerprint density at radius 3 is 2.61 bits per heavy atom. The average molecular weight is 241 g/mol. The minimum atomic E-state index is -0.711. The largest absolute Gasteiger partial charge is 0.383 e. The first-order valence-corrected chi connectivity index (χ1v) is 5.66. The molecule has 0 fully saturated rings. The van der Waals surface area contributed by atoms with Crippen molar-refractivity contribution < 1.29 is 4.79 Å². The van der Waals surface area contributed by atoms with Gasteiger partial charge in [-0.2, -0.15) is 0 Å². The Morgan fingerprint density at radius 2 is 1.94 bits per heavy atom. The second-order valence-electron chi connectivity index (χ2n) is 4.20. The van der Waals surface area contributed by atoms with Crippen LogP contribution in [0.2, 0.25) is 0 Å². The molecule has 0 aliphatic rings. The number of carbonyl (C=O) groups is 1. The summed E-state index contributed by atoms with van der Waals surface area (Å²) in [5.74, 6) is 0.00637. The molecular formula is C14H15N3O. The maximum atomic E-state index is 12.3. The number of nitrogens with zero attached hydrogens (tertiary/aromatic N) is 1. The molecule has 1 atom stereocenters. The van der Waals surface area contributed by atoms with E-state index in [1.54, 1.807) is 12.3 Å². The Hall–Kier alpha value is -2.20. The summed E-state index contributed by atoms with van der Waals surface area (Å²) in [6.07, 6.45) is 1.63. The van der Waals surface area contributed by atoms with Crippen LogP contribution in [0.5, 0.6) is 0 Å². The van der Waals surface area contributed by atoms with Crippen LogP contribution in [0.15, 0.2) is 42.6 Å². The number of benzene rings is 1. The van der Waals surface area contributed by atoms with Gasteiger partial charge in [-0.3, -0.25) is 4.79 Å². The molecule has 4 N–H and O–H groups in total. The number of nitrogen functional groups attached to an aromatic ring is 1. The van der Waals surface area contributed by atoms with Gasteiger partial charge in [0.25, 0.3) is 0 Å². The zero-order valence-corrected chi connectivity index (χ0v) is 10.1. The van der Waals surface area contributed by atoms with E-state index in [9.17, 15) is 4.79 Å². The number of pyridine rings is 1. The number of hydrogen-bond acceptors (Lipinski definition) is 4. The third-order valence-electron chi connectivity index (χ3n) is 2.76. The van der Waals surface area contributed by atoms with Crippen LogP contribution < -0.4 is 11.5 Å². The summed E-state index contributed by atoms with van der Waals surface area (Å²) < 4.78 is 0. The van der Waals surface area contributed by atoms with Crippen LogP contribution in [0.3, 0.4) is 0 Å². The summed E-state index contributed by atoms with van der Waals surface area (Å²) >= 11 is 0. The van der Waals surface area contributed by atoms with Crippen LogP contribution >= 0.6 is 0 Å². The Bertz CT molecular complexity index is 567. The highest BCUT2D eigenvalue weighted by atomic mass is 16.1. The van der Waals surface area contributed by atoms with Gasteiger partial charge in [0.1, 0.15) is 5.82 Å². The highest BCUT2D eigenvalue weighted by Crippen LogP contribution is 2.19. The third-order valence-corrected chi connectivity index (χ3v) is 2.76. The monoisotopic (exact) mass is 241 g/mol. The second-order valence-corrected chi connectivity index (χ2v) is 4.20. The number of rotatable bonds is 3. The predicted octanol–water partition coefficient (Wildman–Crippen LogP) is 1.85. The van der Waals surface area contributed by atoms with E-state index < -0.39 is 6.04 Å². The van der Waals surface area contributed by atoms with Crippen LogP contribution in [-0.2, 0) is 0 Å². The van der Waals surface area contributed by atoms with Crippen molar-refractivity contribution in [2.45, 2.75) is 13.0 Å². The van der Waals surface area contributed by atoms with Crippen molar-refractivity contribution in [1.82, 2.24) is 4.98 Å². The number of aryl methyl sites for hydroxylation is 1. The normalized spacial score (nSPS) is 12.1. The molecule has 4 heteroatoms. The molecule has 0 saturated heterocycles. The highest BCUT2D eigenvalue weighted by Gasteiger charge is 2.20. The van der Waals surface area contributed by atoms with Gasteiger partial charge in [0.2, 0.25) is 0 Å². The minimum absolute atomic E-state index is 0.213. The SMILES string of the molecule is Cc1cnc(N)c(C(=O)[C@H](N)c2ccccc2)c1. The first kappa shape index (κ1) is 12.3. The van der Waals surface area contributed by atoms with Gasteiger partial charge in [-0.05, 0) is 24.1 Å². The lowest BCUT2D eigenvalue weighted by molar-refractivity contribution is 0.0962. The van der Waals surface area contributed by atoms with Crippen molar-refractivity contribution in [3.8, 4) is 0 Å². The summed E-state index contributed by atoms with van der Waals surface area (Å²) in [7, 11) is 0. The molecule has 2 aromatic rings. The molecule has 0 amide bonds. The maximum Gasteiger partial charge on any atom is 0.187 e. The Kier molecular flexibility index (Phi) is 3.39. The van der Waals surface area contributed by atoms with Crippen molar-refractivity contribution in [2.75, 3.05) is 5.73 Å². The molecule has 1 aromatic carbocycles. The van der Waals surface area contributed by atoms with Crippen LogP contribution in [0.25, 0.3) is 0 Å². The van der Waals surface area contributed by atoms with Gasteiger partial charge in [-0.25, -0.2) is 4.98 Å². The van der Waals surface area contributed by atoms with E-state index >= 15 is 0 Å². The fourth-order valence-electron chi connectivity index (χ4n) is 1.76. The number of hydrogen-bond donors (Lipinski definition) is 2. The van der Waals surface area contributed by atoms with Crippen LogP contribution in [0.1, 0.15) is 27.5 Å². The van der Waals surface area contributed by atoms with Gasteiger partial charge in [0, 0.05) is 6.20 Å². The number of nitrogens with two attached hydrogens (primary N) is 2. The zero-order chi connectivity index (χ0) is 13.1. The molecule has 0 aliphatic carbocycles. The molecule has 92 valence electrons. The van der Waals surface area contributed by atoms with Crippen molar-refractivity contribution >= 4 is 11.6 Å². The number of carbonyl (C=O) groups excluding carboxylic acids is 1. The van der Waals surface area contributed by atoms with Gasteiger partial charge < -0.3 is 11.5 Å². The number of Topliss-reactive ketones (excluding diaryl/α,β-unsaturated/α-hetero) is 1. The van der Waals surface area contributed by atoms with E-state index in [2.05, 4.69) is 4.98 Å². The lowest BCUT2D eigenvalue weighted by atomic mass is 9.98. The smallest absolute Gasteiger partial charge is 0.187 e. The molecule has 0 radical (unpaired) electrons. The van der Waals surface area contributed by atoms with Gasteiger partial charge >= 0.3 is 0 Å². The quantitative estimate of drug-likeness (QED) is 0.803. The fraction of sp³-hybridized carbons (Fsp3) is 0.143. The number of aromatic nitrogens is 1. The highest BCUT2D eigenvalue weighted by molar-refractivity contribution is 6.04. The third kappa shape index (κ3) is 2.38. The molecule has 1 aromatic heterocycles. The second kappa shape index (κ2) is 4.98. The molecule has 0 aliphatic heterocycles. The molecule has 1 heterocycles. The standard InChI is InChI=1S/C14H15N3O/c1-9-7-11(14(16)17-8-9)13(18)12(15)10-5-3-2-4-6-10/h2-8,12H,15H2,1H3,(H2,16,17)/t12-/m1/s1. The van der Waals surface area contributed by atoms with Crippen LogP contribution in [0, 0.1) is 6.92 Å². The Labute approximate surface area is 106 Å². The van der Waals surface area contributed by atoms with E-state index in [0.717, 1.165) is 11.1 Å². The molecule has 2 rings (SSSR count). The molecule has 18 heavy (non-hydrogen) atoms. The van der Waals surface area contributed by atoms with Crippen molar-refractivity contribution in [2.24, 2.45) is 5.73 Å². The van der Waals surface area contributed by atoms with Gasteiger partial charge in [0.15, 0.2) is 5.78 Å². The van der Waals surface area contributed by atoms with Crippen LogP contribution in [0.4, 0.5) is 5.82 Å². The van der Waals surface area contributed by atoms with Gasteiger partial charge in [0.05, 0.1) is 11.6 Å². The molecule has 0 saturated carbocycles. The topological polar surface area (TPSA) is 82.0 Å². The van der Waals surface area contributed by atoms with Crippen molar-refractivity contribution in [1.29, 1.82) is 0 Å². The Morgan fingerprint density at radius 1 is 1.28 bits per heavy atom. The average Bonchev–Trinajstić information content (AvgIpc) is 2.41. The van der Waals surface area contributed by atoms with E-state index in [1.807, 2.05) is 37.3 Å². The first-order chi connectivity index (χ1) is 8.59. The summed E-state index contributed by atoms with van der Waals surface area (Å²) in [4.78, 5) is 16.3. The zero-order valence-electron chi connectivity index (χ0n) is 10.1. The lowest BCUT2D eigenvalue weighted by Gasteiger charge is -2.12. The number of anilines is 1. The summed E-state index contributed by atoms with van der Waals surface area (Å²) in [5.41, 5.74) is 13.7. The van der Waals surface area contributed by atoms with Gasteiger partial charge in [-0.15, -0.1) is 0 Å². The fourth-order valence-corrected chi connectivity index (χ4v) is 1.76. The van der Waals surface area contributed by atoms with Crippen molar-refractivity contribution in [3.05, 3.63) is 59.3 Å². The summed E-state index contributed by atoms with van der Waals surface area (Å²) in [5, 5.41) is 0. The summed E-state index contributed by atoms with van der Waals surface area (Å²) in [6.45, 7) is 1.86. The summed E-state index contributed by atoms with van der Waals surface area (Å²) in [6, 6.07) is 10.2. The van der Waals surface area contributed by atoms with E-state index in [4.69, 9.17) is 11.5 Å². The predicted molar refractivity (Wildman–Crippen MR) is 71.1 cm³/mol. The van der Waals surface area contributed by atoms with Crippen molar-refractivity contribution in [3.63, 3.8) is 0 Å². The Balaban J connectivity index is 2.34. The molecule has 0 bridgehead atoms. The molecule has 4 nitrogen and oxygen atoms in total. The van der Waals surface area contributed by atoms with E-state index in [1.165, 1.54) is 0 Å². The van der Waals surface area contributed by atoms with E-state index in [0.29, 0.717) is 5.56 Å². The molecular weight excluding hydrogens is 226 g/mol. The maximum absolute atomic E-state index is 12.3. The molecule has 0 unspecified atom stereocenters. The molecule has 0 spiro atoms. The first-order valence-electron chi connectivity index (χ1n) is 5.66. The minimum Gasteiger partial charge on any atom is -0.383 e. The number of ketones is 1. The lowest BCUT2D eigenvalue weighted by Crippen LogP contribution is -2.22.